The van der Waals surface area contributed by atoms with Gasteiger partial charge in [0.2, 0.25) is 5.91 Å². The third-order valence-electron chi connectivity index (χ3n) is 6.17. The van der Waals surface area contributed by atoms with Gasteiger partial charge in [-0.05, 0) is 35.8 Å². The molecule has 2 amide bonds. The lowest BCUT2D eigenvalue weighted by Crippen LogP contribution is -2.70. The number of carbonyl (C=O) groups is 2. The van der Waals surface area contributed by atoms with Crippen molar-refractivity contribution in [2.45, 2.75) is 38.4 Å². The Bertz CT molecular complexity index is 634. The number of fused-ring (bicyclic) bond motifs is 1. The molecule has 118 valence electrons. The number of hydrogen-bond donors (Lipinski definition) is 2. The Labute approximate surface area is 138 Å². The highest BCUT2D eigenvalue weighted by Crippen LogP contribution is 2.79. The summed E-state index contributed by atoms with van der Waals surface area (Å²) in [5.41, 5.74) is 4.89. The van der Waals surface area contributed by atoms with Gasteiger partial charge in [-0.25, -0.2) is 0 Å². The maximum Gasteiger partial charge on any atom is 0.288 e. The quantitative estimate of drug-likeness (QED) is 0.624. The highest BCUT2D eigenvalue weighted by Gasteiger charge is 2.80. The van der Waals surface area contributed by atoms with Gasteiger partial charge in [-0.15, -0.1) is 0 Å². The van der Waals surface area contributed by atoms with E-state index >= 15 is 0 Å². The fraction of sp³-hybridized carbons (Fsp3) is 0.562. The van der Waals surface area contributed by atoms with Gasteiger partial charge in [0.15, 0.2) is 0 Å². The van der Waals surface area contributed by atoms with E-state index < -0.39 is 11.3 Å². The van der Waals surface area contributed by atoms with E-state index in [1.165, 1.54) is 0 Å². The number of pyridine rings is 1. The van der Waals surface area contributed by atoms with E-state index in [2.05, 4.69) is 52.5 Å². The molecule has 3 fully saturated rings. The lowest BCUT2D eigenvalue weighted by atomic mass is 9.43. The van der Waals surface area contributed by atoms with Gasteiger partial charge in [0, 0.05) is 11.0 Å². The van der Waals surface area contributed by atoms with Gasteiger partial charge >= 0.3 is 0 Å². The summed E-state index contributed by atoms with van der Waals surface area (Å²) >= 11 is 3.71. The number of alkyl halides is 1. The van der Waals surface area contributed by atoms with E-state index in [1.807, 2.05) is 0 Å². The van der Waals surface area contributed by atoms with Crippen LogP contribution in [0.25, 0.3) is 0 Å². The van der Waals surface area contributed by atoms with Gasteiger partial charge < -0.3 is 0 Å². The minimum Gasteiger partial charge on any atom is -0.273 e. The standard InChI is InChI=1S/C16H20BrN3O2/c1-14(2)15(3)7-8-16(14,12(15)17)13(22)20-19-11(21)10-6-4-5-9-18-10/h4-6,9,12H,7-8H2,1-3H3,(H,19,21)(H,20,22). The second-order valence-corrected chi connectivity index (χ2v) is 7.92. The number of nitrogens with one attached hydrogen (secondary N) is 2. The molecule has 1 aromatic heterocycles. The summed E-state index contributed by atoms with van der Waals surface area (Å²) in [5.74, 6) is -0.534. The zero-order valence-electron chi connectivity index (χ0n) is 12.9. The highest BCUT2D eigenvalue weighted by molar-refractivity contribution is 9.09. The van der Waals surface area contributed by atoms with E-state index in [0.717, 1.165) is 12.8 Å². The van der Waals surface area contributed by atoms with Crippen LogP contribution in [0.1, 0.15) is 44.1 Å². The van der Waals surface area contributed by atoms with Crippen molar-refractivity contribution < 1.29 is 9.59 Å². The number of nitrogens with zero attached hydrogens (tertiary/aromatic N) is 1. The molecule has 6 heteroatoms. The molecule has 1 heterocycles. The van der Waals surface area contributed by atoms with Crippen molar-refractivity contribution in [3.8, 4) is 0 Å². The molecule has 0 aromatic carbocycles. The smallest absolute Gasteiger partial charge is 0.273 e. The molecule has 3 aliphatic rings. The normalized spacial score (nSPS) is 34.6. The fourth-order valence-corrected chi connectivity index (χ4v) is 6.05. The summed E-state index contributed by atoms with van der Waals surface area (Å²) in [4.78, 5) is 28.8. The second kappa shape index (κ2) is 4.78. The Morgan fingerprint density at radius 1 is 1.23 bits per heavy atom. The van der Waals surface area contributed by atoms with Crippen LogP contribution in [0.5, 0.6) is 0 Å². The fourth-order valence-electron chi connectivity index (χ4n) is 4.24. The van der Waals surface area contributed by atoms with Crippen LogP contribution in [-0.2, 0) is 4.79 Å². The lowest BCUT2D eigenvalue weighted by molar-refractivity contribution is -0.162. The van der Waals surface area contributed by atoms with Crippen LogP contribution in [0.2, 0.25) is 0 Å². The summed E-state index contributed by atoms with van der Waals surface area (Å²) in [6.45, 7) is 6.49. The van der Waals surface area contributed by atoms with E-state index in [9.17, 15) is 9.59 Å². The van der Waals surface area contributed by atoms with Crippen molar-refractivity contribution in [2.75, 3.05) is 0 Å². The molecule has 4 rings (SSSR count). The summed E-state index contributed by atoms with van der Waals surface area (Å²) in [6, 6.07) is 5.07. The average Bonchev–Trinajstić information content (AvgIpc) is 2.93. The first-order chi connectivity index (χ1) is 10.3. The Kier molecular flexibility index (Phi) is 3.36. The van der Waals surface area contributed by atoms with Crippen LogP contribution < -0.4 is 10.9 Å². The number of carbonyl (C=O) groups excluding carboxylic acids is 2. The van der Waals surface area contributed by atoms with Gasteiger partial charge in [-0.2, -0.15) is 0 Å². The predicted octanol–water partition coefficient (Wildman–Crippen LogP) is 2.43. The van der Waals surface area contributed by atoms with E-state index in [0.29, 0.717) is 0 Å². The minimum absolute atomic E-state index is 0.103. The first-order valence-corrected chi connectivity index (χ1v) is 8.35. The van der Waals surface area contributed by atoms with Crippen molar-refractivity contribution >= 4 is 27.7 Å². The van der Waals surface area contributed by atoms with Crippen molar-refractivity contribution in [1.29, 1.82) is 0 Å². The van der Waals surface area contributed by atoms with E-state index in [-0.39, 0.29) is 27.3 Å². The summed E-state index contributed by atoms with van der Waals surface area (Å²) in [5, 5.41) is 0. The maximum atomic E-state index is 12.7. The third kappa shape index (κ3) is 1.67. The van der Waals surface area contributed by atoms with Gasteiger partial charge in [0.25, 0.3) is 5.91 Å². The molecule has 5 nitrogen and oxygen atoms in total. The Balaban J connectivity index is 1.70. The summed E-state index contributed by atoms with van der Waals surface area (Å²) < 4.78 is 0. The SMILES string of the molecule is CC12CCC(C(=O)NNC(=O)c3ccccn3)(C1Br)C2(C)C. The number of hydrazine groups is 1. The Hall–Kier alpha value is -1.43. The van der Waals surface area contributed by atoms with Gasteiger partial charge in [-0.3, -0.25) is 25.4 Å². The molecule has 0 aliphatic heterocycles. The molecule has 3 unspecified atom stereocenters. The molecule has 0 spiro atoms. The van der Waals surface area contributed by atoms with Gasteiger partial charge in [0.05, 0.1) is 5.41 Å². The Morgan fingerprint density at radius 3 is 2.45 bits per heavy atom. The molecule has 0 saturated heterocycles. The molecular weight excluding hydrogens is 346 g/mol. The van der Waals surface area contributed by atoms with Crippen LogP contribution in [-0.4, -0.2) is 21.6 Å². The first-order valence-electron chi connectivity index (χ1n) is 7.43. The predicted molar refractivity (Wildman–Crippen MR) is 86.1 cm³/mol. The lowest BCUT2D eigenvalue weighted by Gasteiger charge is -2.64. The van der Waals surface area contributed by atoms with Crippen molar-refractivity contribution in [3.63, 3.8) is 0 Å². The molecule has 0 radical (unpaired) electrons. The van der Waals surface area contributed by atoms with E-state index in [1.54, 1.807) is 24.4 Å². The van der Waals surface area contributed by atoms with Crippen molar-refractivity contribution in [3.05, 3.63) is 30.1 Å². The minimum atomic E-state index is -0.473. The van der Waals surface area contributed by atoms with Crippen LogP contribution in [0.15, 0.2) is 24.4 Å². The molecular formula is C16H20BrN3O2. The zero-order valence-corrected chi connectivity index (χ0v) is 14.5. The van der Waals surface area contributed by atoms with Gasteiger partial charge in [0.1, 0.15) is 5.69 Å². The highest BCUT2D eigenvalue weighted by atomic mass is 79.9. The van der Waals surface area contributed by atoms with E-state index in [4.69, 9.17) is 0 Å². The van der Waals surface area contributed by atoms with Crippen LogP contribution >= 0.6 is 15.9 Å². The molecule has 3 aliphatic carbocycles. The number of rotatable bonds is 2. The number of aromatic nitrogens is 1. The number of hydrogen-bond acceptors (Lipinski definition) is 3. The Morgan fingerprint density at radius 2 is 1.95 bits per heavy atom. The monoisotopic (exact) mass is 365 g/mol. The first kappa shape index (κ1) is 15.5. The largest absolute Gasteiger partial charge is 0.288 e. The van der Waals surface area contributed by atoms with Crippen LogP contribution in [0, 0.1) is 16.2 Å². The second-order valence-electron chi connectivity index (χ2n) is 7.00. The van der Waals surface area contributed by atoms with Crippen LogP contribution in [0.3, 0.4) is 0 Å². The zero-order chi connectivity index (χ0) is 16.2. The molecule has 2 N–H and O–H groups in total. The third-order valence-corrected chi connectivity index (χ3v) is 7.96. The molecule has 3 atom stereocenters. The molecule has 3 saturated carbocycles. The topological polar surface area (TPSA) is 71.1 Å². The number of halogens is 1. The molecule has 22 heavy (non-hydrogen) atoms. The molecule has 2 bridgehead atoms. The van der Waals surface area contributed by atoms with Crippen LogP contribution in [0.4, 0.5) is 0 Å². The number of amides is 2. The van der Waals surface area contributed by atoms with Gasteiger partial charge in [-0.1, -0.05) is 42.8 Å². The maximum absolute atomic E-state index is 12.7. The van der Waals surface area contributed by atoms with Crippen molar-refractivity contribution in [1.82, 2.24) is 15.8 Å². The average molecular weight is 366 g/mol. The van der Waals surface area contributed by atoms with Crippen molar-refractivity contribution in [2.24, 2.45) is 16.2 Å². The summed E-state index contributed by atoms with van der Waals surface area (Å²) in [7, 11) is 0. The summed E-state index contributed by atoms with van der Waals surface area (Å²) in [6.07, 6.45) is 3.39. The molecule has 1 aromatic rings.